The summed E-state index contributed by atoms with van der Waals surface area (Å²) in [4.78, 5) is 15.3. The summed E-state index contributed by atoms with van der Waals surface area (Å²) in [6.45, 7) is 4.34. The molecule has 0 N–H and O–H groups in total. The topological polar surface area (TPSA) is 80.8 Å². The van der Waals surface area contributed by atoms with Gasteiger partial charge in [0, 0.05) is 20.5 Å². The van der Waals surface area contributed by atoms with Crippen molar-refractivity contribution in [2.75, 3.05) is 11.9 Å². The lowest BCUT2D eigenvalue weighted by molar-refractivity contribution is 0.550. The maximum atomic E-state index is 5.53. The Morgan fingerprint density at radius 1 is 1.09 bits per heavy atom. The molecule has 0 fully saturated rings. The average molecular weight is 326 g/mol. The predicted molar refractivity (Wildman–Crippen MR) is 88.6 cm³/mol. The Balaban J connectivity index is 1.72. The van der Waals surface area contributed by atoms with Crippen molar-refractivity contribution in [3.8, 4) is 0 Å². The quantitative estimate of drug-likeness (QED) is 0.572. The minimum Gasteiger partial charge on any atom is -0.422 e. The van der Waals surface area contributed by atoms with E-state index >= 15 is 0 Å². The number of aryl methyl sites for hydroxylation is 2. The van der Waals surface area contributed by atoms with Crippen molar-refractivity contribution in [3.05, 3.63) is 35.5 Å². The van der Waals surface area contributed by atoms with Crippen LogP contribution in [0.25, 0.3) is 22.3 Å². The van der Waals surface area contributed by atoms with Crippen LogP contribution < -0.4 is 4.90 Å². The number of benzene rings is 1. The third-order valence-electron chi connectivity index (χ3n) is 3.56. The lowest BCUT2D eigenvalue weighted by Gasteiger charge is -2.18. The lowest BCUT2D eigenvalue weighted by Crippen LogP contribution is -2.18. The van der Waals surface area contributed by atoms with Crippen LogP contribution in [0.1, 0.15) is 17.3 Å². The Hall–Kier alpha value is -2.61. The maximum absolute atomic E-state index is 5.53. The number of oxazole rings is 1. The summed E-state index contributed by atoms with van der Waals surface area (Å²) >= 11 is 1.23. The number of anilines is 1. The number of hydrogen-bond acceptors (Lipinski definition) is 8. The molecule has 4 aromatic rings. The number of rotatable bonds is 3. The van der Waals surface area contributed by atoms with Crippen LogP contribution in [0.5, 0.6) is 0 Å². The van der Waals surface area contributed by atoms with Gasteiger partial charge in [-0.15, -0.1) is 0 Å². The van der Waals surface area contributed by atoms with E-state index in [0.29, 0.717) is 29.5 Å². The third-order valence-corrected chi connectivity index (χ3v) is 4.12. The smallest absolute Gasteiger partial charge is 0.252 e. The van der Waals surface area contributed by atoms with Gasteiger partial charge in [0.15, 0.2) is 17.2 Å². The Kier molecular flexibility index (Phi) is 3.19. The molecule has 0 spiro atoms. The molecule has 0 aliphatic heterocycles. The van der Waals surface area contributed by atoms with E-state index in [4.69, 9.17) is 4.42 Å². The summed E-state index contributed by atoms with van der Waals surface area (Å²) < 4.78 is 14.0. The lowest BCUT2D eigenvalue weighted by atomic mass is 10.2. The fourth-order valence-electron chi connectivity index (χ4n) is 2.56. The molecule has 3 heterocycles. The molecule has 0 aliphatic carbocycles. The van der Waals surface area contributed by atoms with Crippen molar-refractivity contribution in [2.24, 2.45) is 0 Å². The van der Waals surface area contributed by atoms with Gasteiger partial charge in [0.05, 0.1) is 11.7 Å². The SMILES string of the molecule is Cc1nc(N(C)Cc2ccc3nsnc3c2)c2nc(C)oc2n1. The van der Waals surface area contributed by atoms with Crippen molar-refractivity contribution < 1.29 is 4.42 Å². The predicted octanol–water partition coefficient (Wildman–Crippen LogP) is 2.88. The Morgan fingerprint density at radius 3 is 2.78 bits per heavy atom. The van der Waals surface area contributed by atoms with Crippen molar-refractivity contribution in [1.82, 2.24) is 23.7 Å². The summed E-state index contributed by atoms with van der Waals surface area (Å²) in [6.07, 6.45) is 0. The molecule has 4 rings (SSSR count). The molecule has 0 saturated carbocycles. The first kappa shape index (κ1) is 14.0. The fraction of sp³-hybridized carbons (Fsp3) is 0.267. The van der Waals surface area contributed by atoms with Gasteiger partial charge in [-0.25, -0.2) is 9.97 Å². The zero-order chi connectivity index (χ0) is 16.0. The first-order valence-electron chi connectivity index (χ1n) is 7.14. The summed E-state index contributed by atoms with van der Waals surface area (Å²) in [5, 5.41) is 0. The van der Waals surface area contributed by atoms with Crippen molar-refractivity contribution in [3.63, 3.8) is 0 Å². The largest absolute Gasteiger partial charge is 0.422 e. The van der Waals surface area contributed by atoms with Crippen LogP contribution in [-0.4, -0.2) is 30.7 Å². The molecule has 1 aromatic carbocycles. The zero-order valence-electron chi connectivity index (χ0n) is 12.9. The van der Waals surface area contributed by atoms with Gasteiger partial charge >= 0.3 is 0 Å². The summed E-state index contributed by atoms with van der Waals surface area (Å²) in [7, 11) is 1.98. The Labute approximate surface area is 136 Å². The molecule has 3 aromatic heterocycles. The van der Waals surface area contributed by atoms with Crippen molar-refractivity contribution >= 4 is 39.8 Å². The molecule has 116 valence electrons. The molecule has 0 amide bonds. The van der Waals surface area contributed by atoms with E-state index in [1.165, 1.54) is 11.7 Å². The molecular weight excluding hydrogens is 312 g/mol. The fourth-order valence-corrected chi connectivity index (χ4v) is 3.07. The molecule has 0 saturated heterocycles. The van der Waals surface area contributed by atoms with E-state index in [1.54, 1.807) is 0 Å². The first-order chi connectivity index (χ1) is 11.1. The average Bonchev–Trinajstić information content (AvgIpc) is 3.10. The molecule has 0 atom stereocenters. The highest BCUT2D eigenvalue weighted by atomic mass is 32.1. The van der Waals surface area contributed by atoms with Crippen LogP contribution in [0, 0.1) is 13.8 Å². The molecule has 0 radical (unpaired) electrons. The summed E-state index contributed by atoms with van der Waals surface area (Å²) in [5.74, 6) is 2.01. The van der Waals surface area contributed by atoms with Crippen LogP contribution in [-0.2, 0) is 6.54 Å². The molecule has 0 bridgehead atoms. The number of fused-ring (bicyclic) bond motifs is 2. The monoisotopic (exact) mass is 326 g/mol. The highest BCUT2D eigenvalue weighted by Crippen LogP contribution is 2.25. The van der Waals surface area contributed by atoms with Crippen LogP contribution in [0.15, 0.2) is 22.6 Å². The van der Waals surface area contributed by atoms with Gasteiger partial charge < -0.3 is 9.32 Å². The van der Waals surface area contributed by atoms with E-state index < -0.39 is 0 Å². The second-order valence-electron chi connectivity index (χ2n) is 5.42. The van der Waals surface area contributed by atoms with Gasteiger partial charge in [0.25, 0.3) is 5.71 Å². The van der Waals surface area contributed by atoms with E-state index in [-0.39, 0.29) is 0 Å². The van der Waals surface area contributed by atoms with Crippen molar-refractivity contribution in [2.45, 2.75) is 20.4 Å². The van der Waals surface area contributed by atoms with Crippen LogP contribution in [0.2, 0.25) is 0 Å². The number of hydrogen-bond donors (Lipinski definition) is 0. The van der Waals surface area contributed by atoms with Gasteiger partial charge in [-0.3, -0.25) is 0 Å². The maximum Gasteiger partial charge on any atom is 0.252 e. The van der Waals surface area contributed by atoms with Gasteiger partial charge in [0.2, 0.25) is 0 Å². The summed E-state index contributed by atoms with van der Waals surface area (Å²) in [5.41, 5.74) is 4.19. The Morgan fingerprint density at radius 2 is 1.91 bits per heavy atom. The van der Waals surface area contributed by atoms with Crippen LogP contribution in [0.4, 0.5) is 5.82 Å². The standard InChI is InChI=1S/C15H14N6OS/c1-8-16-14(13-15(17-8)22-9(2)18-13)21(3)7-10-4-5-11-12(6-10)20-23-19-11/h4-6H,7H2,1-3H3. The summed E-state index contributed by atoms with van der Waals surface area (Å²) in [6, 6.07) is 6.09. The highest BCUT2D eigenvalue weighted by Gasteiger charge is 2.16. The minimum atomic E-state index is 0.524. The second kappa shape index (κ2) is 5.24. The number of nitrogens with zero attached hydrogens (tertiary/aromatic N) is 6. The van der Waals surface area contributed by atoms with Crippen LogP contribution >= 0.6 is 11.7 Å². The van der Waals surface area contributed by atoms with E-state index in [2.05, 4.69) is 35.8 Å². The molecule has 7 nitrogen and oxygen atoms in total. The normalized spacial score (nSPS) is 11.4. The zero-order valence-corrected chi connectivity index (χ0v) is 13.8. The van der Waals surface area contributed by atoms with Gasteiger partial charge in [-0.2, -0.15) is 13.7 Å². The van der Waals surface area contributed by atoms with Gasteiger partial charge in [-0.05, 0) is 24.6 Å². The Bertz CT molecular complexity index is 1010. The number of aromatic nitrogens is 5. The molecular formula is C15H14N6OS. The molecule has 0 aliphatic rings. The second-order valence-corrected chi connectivity index (χ2v) is 5.95. The van der Waals surface area contributed by atoms with E-state index in [1.807, 2.05) is 31.9 Å². The first-order valence-corrected chi connectivity index (χ1v) is 7.87. The van der Waals surface area contributed by atoms with Gasteiger partial charge in [0.1, 0.15) is 16.9 Å². The third kappa shape index (κ3) is 2.50. The molecule has 8 heteroatoms. The molecule has 23 heavy (non-hydrogen) atoms. The minimum absolute atomic E-state index is 0.524. The van der Waals surface area contributed by atoms with Crippen LogP contribution in [0.3, 0.4) is 0 Å². The molecule has 0 unspecified atom stereocenters. The van der Waals surface area contributed by atoms with E-state index in [9.17, 15) is 0 Å². The van der Waals surface area contributed by atoms with Gasteiger partial charge in [-0.1, -0.05) is 6.07 Å². The van der Waals surface area contributed by atoms with E-state index in [0.717, 1.165) is 22.4 Å². The highest BCUT2D eigenvalue weighted by molar-refractivity contribution is 7.00. The van der Waals surface area contributed by atoms with Crippen molar-refractivity contribution in [1.29, 1.82) is 0 Å².